The Morgan fingerprint density at radius 2 is 1.49 bits per heavy atom. The van der Waals surface area contributed by atoms with Crippen molar-refractivity contribution in [2.45, 2.75) is 88.0 Å². The summed E-state index contributed by atoms with van der Waals surface area (Å²) < 4.78 is 22.3. The molecule has 1 saturated heterocycles. The molecular weight excluding hydrogens is 684 g/mol. The number of carbonyl (C=O) groups is 1. The first-order valence-electron chi connectivity index (χ1n) is 19.3. The van der Waals surface area contributed by atoms with Gasteiger partial charge in [-0.2, -0.15) is 0 Å². The number of hydrogen-bond donors (Lipinski definition) is 1. The van der Waals surface area contributed by atoms with Crippen LogP contribution in [0, 0.1) is 0 Å². The van der Waals surface area contributed by atoms with Crippen molar-refractivity contribution in [3.05, 3.63) is 119 Å². The van der Waals surface area contributed by atoms with Gasteiger partial charge >= 0.3 is 0 Å². The number of fused-ring (bicyclic) bond motifs is 2. The average Bonchev–Trinajstić information content (AvgIpc) is 3.67. The number of methoxy groups -OCH3 is 2. The predicted octanol–water partition coefficient (Wildman–Crippen LogP) is 8.86. The van der Waals surface area contributed by atoms with E-state index < -0.39 is 0 Å². The molecule has 2 heterocycles. The van der Waals surface area contributed by atoms with Gasteiger partial charge in [-0.05, 0) is 129 Å². The molecule has 0 aromatic heterocycles. The van der Waals surface area contributed by atoms with Crippen LogP contribution >= 0.6 is 12.4 Å². The SMILES string of the molecule is COc1cc2c(cc1OC)CC1(CCCCN1CCCC(CCCNC(=O)CCc1ccc3c(c1)OCO3)(c1ccccc1)c1ccccc1)CC2.Cl. The summed E-state index contributed by atoms with van der Waals surface area (Å²) in [6.45, 7) is 3.16. The van der Waals surface area contributed by atoms with E-state index in [1.165, 1.54) is 47.9 Å². The van der Waals surface area contributed by atoms with Crippen molar-refractivity contribution in [2.75, 3.05) is 40.6 Å². The minimum atomic E-state index is -0.147. The highest BCUT2D eigenvalue weighted by Crippen LogP contribution is 2.45. The van der Waals surface area contributed by atoms with E-state index in [9.17, 15) is 4.79 Å². The third-order valence-corrected chi connectivity index (χ3v) is 11.9. The van der Waals surface area contributed by atoms with E-state index in [1.54, 1.807) is 14.2 Å². The van der Waals surface area contributed by atoms with Crippen LogP contribution in [0.2, 0.25) is 0 Å². The number of benzene rings is 4. The molecule has 0 saturated carbocycles. The Kier molecular flexibility index (Phi) is 12.9. The highest BCUT2D eigenvalue weighted by molar-refractivity contribution is 5.85. The maximum absolute atomic E-state index is 13.0. The Bertz CT molecular complexity index is 1760. The highest BCUT2D eigenvalue weighted by Gasteiger charge is 2.42. The van der Waals surface area contributed by atoms with Gasteiger partial charge in [0.2, 0.25) is 12.7 Å². The van der Waals surface area contributed by atoms with Crippen LogP contribution in [0.15, 0.2) is 91.0 Å². The summed E-state index contributed by atoms with van der Waals surface area (Å²) in [5.74, 6) is 3.28. The van der Waals surface area contributed by atoms with Crippen LogP contribution in [-0.2, 0) is 29.5 Å². The first-order valence-corrected chi connectivity index (χ1v) is 19.3. The lowest BCUT2D eigenvalue weighted by Crippen LogP contribution is -2.55. The molecular formula is C45H55ClN2O5. The molecule has 3 aliphatic rings. The molecule has 1 aliphatic carbocycles. The van der Waals surface area contributed by atoms with E-state index in [-0.39, 0.29) is 36.1 Å². The van der Waals surface area contributed by atoms with Gasteiger partial charge in [0.05, 0.1) is 14.2 Å². The van der Waals surface area contributed by atoms with Crippen LogP contribution in [0.5, 0.6) is 23.0 Å². The molecule has 1 amide bonds. The molecule has 1 atom stereocenters. The lowest BCUT2D eigenvalue weighted by atomic mass is 9.68. The summed E-state index contributed by atoms with van der Waals surface area (Å²) in [5.41, 5.74) is 6.66. The van der Waals surface area contributed by atoms with E-state index in [2.05, 4.69) is 83.0 Å². The predicted molar refractivity (Wildman–Crippen MR) is 213 cm³/mol. The van der Waals surface area contributed by atoms with Crippen molar-refractivity contribution < 1.29 is 23.7 Å². The number of halogens is 1. The maximum atomic E-state index is 13.0. The Labute approximate surface area is 321 Å². The second kappa shape index (κ2) is 17.7. The smallest absolute Gasteiger partial charge is 0.231 e. The van der Waals surface area contributed by atoms with Gasteiger partial charge in [0.25, 0.3) is 0 Å². The summed E-state index contributed by atoms with van der Waals surface area (Å²) in [7, 11) is 3.46. The highest BCUT2D eigenvalue weighted by atomic mass is 35.5. The lowest BCUT2D eigenvalue weighted by molar-refractivity contribution is -0.121. The third kappa shape index (κ3) is 8.63. The van der Waals surface area contributed by atoms with E-state index >= 15 is 0 Å². The number of nitrogens with zero attached hydrogens (tertiary/aromatic N) is 1. The van der Waals surface area contributed by atoms with Crippen LogP contribution in [0.25, 0.3) is 0 Å². The lowest BCUT2D eigenvalue weighted by Gasteiger charge is -2.50. The number of piperidine rings is 1. The minimum absolute atomic E-state index is 0. The van der Waals surface area contributed by atoms with Crippen LogP contribution in [-0.4, -0.2) is 57.0 Å². The zero-order chi connectivity index (χ0) is 35.8. The number of likely N-dealkylation sites (tertiary alicyclic amines) is 1. The molecule has 8 heteroatoms. The van der Waals surface area contributed by atoms with Gasteiger partial charge in [-0.15, -0.1) is 12.4 Å². The Balaban J connectivity index is 0.00000481. The minimum Gasteiger partial charge on any atom is -0.493 e. The number of ether oxygens (including phenoxy) is 4. The molecule has 53 heavy (non-hydrogen) atoms. The first kappa shape index (κ1) is 38.5. The molecule has 0 radical (unpaired) electrons. The van der Waals surface area contributed by atoms with Crippen molar-refractivity contribution in [2.24, 2.45) is 0 Å². The number of aryl methyl sites for hydroxylation is 2. The van der Waals surface area contributed by atoms with Crippen molar-refractivity contribution >= 4 is 18.3 Å². The van der Waals surface area contributed by atoms with Crippen LogP contribution < -0.4 is 24.3 Å². The monoisotopic (exact) mass is 738 g/mol. The van der Waals surface area contributed by atoms with E-state index in [0.717, 1.165) is 80.2 Å². The molecule has 4 aromatic carbocycles. The fraction of sp³-hybridized carbons (Fsp3) is 0.444. The van der Waals surface area contributed by atoms with E-state index in [0.29, 0.717) is 19.4 Å². The number of hydrogen-bond acceptors (Lipinski definition) is 6. The fourth-order valence-electron chi connectivity index (χ4n) is 9.17. The van der Waals surface area contributed by atoms with Gasteiger partial charge < -0.3 is 24.3 Å². The van der Waals surface area contributed by atoms with Gasteiger partial charge in [0.1, 0.15) is 0 Å². The quantitative estimate of drug-likeness (QED) is 0.123. The molecule has 2 aliphatic heterocycles. The molecule has 282 valence electrons. The van der Waals surface area contributed by atoms with Gasteiger partial charge in [-0.25, -0.2) is 0 Å². The second-order valence-corrected chi connectivity index (χ2v) is 14.9. The summed E-state index contributed by atoms with van der Waals surface area (Å²) >= 11 is 0. The van der Waals surface area contributed by atoms with Crippen molar-refractivity contribution in [3.8, 4) is 23.0 Å². The van der Waals surface area contributed by atoms with Crippen LogP contribution in [0.4, 0.5) is 0 Å². The molecule has 7 nitrogen and oxygen atoms in total. The number of carbonyl (C=O) groups excluding carboxylic acids is 1. The van der Waals surface area contributed by atoms with Gasteiger partial charge in [-0.1, -0.05) is 73.2 Å². The van der Waals surface area contributed by atoms with Gasteiger partial charge in [0, 0.05) is 23.9 Å². The molecule has 4 aromatic rings. The summed E-state index contributed by atoms with van der Waals surface area (Å²) in [5, 5.41) is 3.23. The van der Waals surface area contributed by atoms with Crippen LogP contribution in [0.3, 0.4) is 0 Å². The molecule has 1 N–H and O–H groups in total. The van der Waals surface area contributed by atoms with E-state index in [4.69, 9.17) is 18.9 Å². The second-order valence-electron chi connectivity index (χ2n) is 14.9. The third-order valence-electron chi connectivity index (χ3n) is 11.9. The average molecular weight is 739 g/mol. The maximum Gasteiger partial charge on any atom is 0.231 e. The normalized spacial score (nSPS) is 17.8. The molecule has 7 rings (SSSR count). The summed E-state index contributed by atoms with van der Waals surface area (Å²) in [6, 6.07) is 32.5. The van der Waals surface area contributed by atoms with E-state index in [1.807, 2.05) is 18.2 Å². The van der Waals surface area contributed by atoms with Gasteiger partial charge in [0.15, 0.2) is 23.0 Å². The molecule has 1 spiro atoms. The van der Waals surface area contributed by atoms with Crippen molar-refractivity contribution in [3.63, 3.8) is 0 Å². The zero-order valence-corrected chi connectivity index (χ0v) is 32.2. The molecule has 0 bridgehead atoms. The van der Waals surface area contributed by atoms with Gasteiger partial charge in [-0.3, -0.25) is 9.69 Å². The van der Waals surface area contributed by atoms with Crippen molar-refractivity contribution in [1.82, 2.24) is 10.2 Å². The van der Waals surface area contributed by atoms with Crippen LogP contribution in [0.1, 0.15) is 85.6 Å². The summed E-state index contributed by atoms with van der Waals surface area (Å²) in [6.07, 6.45) is 12.3. The first-order chi connectivity index (χ1) is 25.5. The fourth-order valence-corrected chi connectivity index (χ4v) is 9.17. The number of nitrogens with one attached hydrogen (secondary N) is 1. The summed E-state index contributed by atoms with van der Waals surface area (Å²) in [4.78, 5) is 15.8. The Morgan fingerprint density at radius 1 is 0.811 bits per heavy atom. The molecule has 1 fully saturated rings. The number of rotatable bonds is 15. The topological polar surface area (TPSA) is 69.3 Å². The molecule has 1 unspecified atom stereocenters. The number of amides is 1. The Morgan fingerprint density at radius 3 is 2.21 bits per heavy atom. The van der Waals surface area contributed by atoms with Crippen molar-refractivity contribution in [1.29, 1.82) is 0 Å². The standard InChI is InChI=1S/C45H54N2O5.ClH/c1-49-40-30-35-21-25-44(32-36(35)31-41(40)50-2)22-9-10-27-47(44)28-12-24-45(37-13-5-3-6-14-37,38-15-7-4-8-16-38)23-11-26-46-43(48)20-18-34-17-19-39-42(29-34)52-33-51-39;/h3-8,13-17,19,29-31H,9-12,18,20-28,32-33H2,1-2H3,(H,46,48);1H. The Hall–Kier alpha value is -4.20. The zero-order valence-electron chi connectivity index (χ0n) is 31.4. The largest absolute Gasteiger partial charge is 0.493 e.